The van der Waals surface area contributed by atoms with E-state index in [0.717, 1.165) is 12.8 Å². The highest BCUT2D eigenvalue weighted by Gasteiger charge is 2.24. The summed E-state index contributed by atoms with van der Waals surface area (Å²) in [4.78, 5) is 11.7. The molecule has 1 aliphatic rings. The maximum atomic E-state index is 13.4. The van der Waals surface area contributed by atoms with E-state index in [0.29, 0.717) is 18.6 Å². The van der Waals surface area contributed by atoms with Gasteiger partial charge in [-0.1, -0.05) is 12.1 Å². The lowest BCUT2D eigenvalue weighted by atomic mass is 10.1. The Kier molecular flexibility index (Phi) is 4.05. The van der Waals surface area contributed by atoms with Crippen molar-refractivity contribution < 1.29 is 13.4 Å². The summed E-state index contributed by atoms with van der Waals surface area (Å²) >= 11 is 0. The molecule has 0 N–H and O–H groups in total. The second-order valence-electron chi connectivity index (χ2n) is 4.32. The van der Waals surface area contributed by atoms with Gasteiger partial charge in [0.25, 0.3) is 0 Å². The second kappa shape index (κ2) is 5.54. The molecule has 1 aromatic rings. The van der Waals surface area contributed by atoms with E-state index in [9.17, 15) is 13.4 Å². The van der Waals surface area contributed by atoms with Crippen molar-refractivity contribution in [1.29, 1.82) is 0 Å². The van der Waals surface area contributed by atoms with Gasteiger partial charge >= 0.3 is 0 Å². The largest absolute Gasteiger partial charge is 0.299 e. The van der Waals surface area contributed by atoms with E-state index in [1.165, 1.54) is 6.07 Å². The molecule has 2 atom stereocenters. The van der Waals surface area contributed by atoms with Gasteiger partial charge in [-0.3, -0.25) is 9.00 Å². The molecule has 0 bridgehead atoms. The van der Waals surface area contributed by atoms with E-state index >= 15 is 0 Å². The van der Waals surface area contributed by atoms with E-state index in [-0.39, 0.29) is 16.6 Å². The summed E-state index contributed by atoms with van der Waals surface area (Å²) in [5.41, 5.74) is 0. The van der Waals surface area contributed by atoms with Gasteiger partial charge < -0.3 is 0 Å². The van der Waals surface area contributed by atoms with Crippen LogP contribution >= 0.6 is 0 Å². The molecule has 92 valence electrons. The second-order valence-corrected chi connectivity index (χ2v) is 5.86. The fourth-order valence-electron chi connectivity index (χ4n) is 2.18. The van der Waals surface area contributed by atoms with Crippen LogP contribution in [-0.4, -0.2) is 15.7 Å². The summed E-state index contributed by atoms with van der Waals surface area (Å²) < 4.78 is 25.2. The van der Waals surface area contributed by atoms with Crippen LogP contribution in [-0.2, 0) is 15.6 Å². The lowest BCUT2D eigenvalue weighted by Crippen LogP contribution is -2.11. The van der Waals surface area contributed by atoms with E-state index in [1.807, 2.05) is 0 Å². The number of hydrogen-bond acceptors (Lipinski definition) is 2. The highest BCUT2D eigenvalue weighted by molar-refractivity contribution is 7.85. The molecule has 0 radical (unpaired) electrons. The fourth-order valence-corrected chi connectivity index (χ4v) is 3.42. The molecule has 1 saturated carbocycles. The molecule has 0 amide bonds. The summed E-state index contributed by atoms with van der Waals surface area (Å²) in [6, 6.07) is 6.11. The number of ketones is 1. The third-order valence-electron chi connectivity index (χ3n) is 3.16. The van der Waals surface area contributed by atoms with E-state index in [2.05, 4.69) is 0 Å². The Hall–Kier alpha value is -1.03. The first-order valence-corrected chi connectivity index (χ1v) is 7.16. The van der Waals surface area contributed by atoms with Crippen molar-refractivity contribution >= 4 is 16.6 Å². The zero-order valence-corrected chi connectivity index (χ0v) is 10.3. The first-order chi connectivity index (χ1) is 8.18. The maximum absolute atomic E-state index is 13.4. The van der Waals surface area contributed by atoms with Gasteiger partial charge in [0.2, 0.25) is 0 Å². The van der Waals surface area contributed by atoms with Crippen molar-refractivity contribution in [3.63, 3.8) is 0 Å². The maximum Gasteiger partial charge on any atom is 0.139 e. The number of hydrogen-bond donors (Lipinski definition) is 0. The van der Waals surface area contributed by atoms with Gasteiger partial charge in [-0.05, 0) is 31.4 Å². The van der Waals surface area contributed by atoms with Gasteiger partial charge in [0, 0.05) is 18.1 Å². The lowest BCUT2D eigenvalue weighted by Gasteiger charge is -2.07. The van der Waals surface area contributed by atoms with Gasteiger partial charge in [-0.15, -0.1) is 0 Å². The monoisotopic (exact) mass is 254 g/mol. The number of rotatable bonds is 4. The number of halogens is 1. The van der Waals surface area contributed by atoms with Gasteiger partial charge in [0.05, 0.1) is 15.7 Å². The predicted octanol–water partition coefficient (Wildman–Crippen LogP) is 2.69. The molecule has 2 unspecified atom stereocenters. The number of carbonyl (C=O) groups excluding carboxylic acids is 1. The molecule has 0 saturated heterocycles. The quantitative estimate of drug-likeness (QED) is 0.828. The highest BCUT2D eigenvalue weighted by Crippen LogP contribution is 2.25. The normalized spacial score (nSPS) is 21.7. The van der Waals surface area contributed by atoms with E-state index in [4.69, 9.17) is 0 Å². The highest BCUT2D eigenvalue weighted by atomic mass is 32.2. The van der Waals surface area contributed by atoms with Crippen LogP contribution in [0.15, 0.2) is 29.2 Å². The van der Waals surface area contributed by atoms with Crippen LogP contribution in [0.25, 0.3) is 0 Å². The summed E-state index contributed by atoms with van der Waals surface area (Å²) in [6.07, 6.45) is 3.10. The number of benzene rings is 1. The van der Waals surface area contributed by atoms with Gasteiger partial charge in [-0.2, -0.15) is 0 Å². The Morgan fingerprint density at radius 1 is 1.35 bits per heavy atom. The zero-order chi connectivity index (χ0) is 12.3. The Morgan fingerprint density at radius 2 is 2.12 bits per heavy atom. The molecule has 0 aromatic heterocycles. The molecule has 1 aromatic carbocycles. The first-order valence-electron chi connectivity index (χ1n) is 5.84. The summed E-state index contributed by atoms with van der Waals surface area (Å²) in [6.45, 7) is 0. The van der Waals surface area contributed by atoms with Crippen LogP contribution < -0.4 is 0 Å². The van der Waals surface area contributed by atoms with Crippen molar-refractivity contribution in [1.82, 2.24) is 0 Å². The van der Waals surface area contributed by atoms with Gasteiger partial charge in [0.1, 0.15) is 11.6 Å². The molecule has 4 heteroatoms. The van der Waals surface area contributed by atoms with Crippen LogP contribution in [0.5, 0.6) is 0 Å². The lowest BCUT2D eigenvalue weighted by molar-refractivity contribution is -0.120. The molecular weight excluding hydrogens is 239 g/mol. The van der Waals surface area contributed by atoms with Gasteiger partial charge in [0.15, 0.2) is 0 Å². The van der Waals surface area contributed by atoms with Crippen molar-refractivity contribution in [2.75, 3.05) is 5.75 Å². The molecule has 0 heterocycles. The standard InChI is InChI=1S/C13H15FO2S/c14-11-5-1-2-7-13(11)17(16)9-8-10-4-3-6-12(10)15/h1-2,5,7,10H,3-4,6,8-9H2. The Labute approximate surface area is 103 Å². The molecule has 17 heavy (non-hydrogen) atoms. The molecule has 1 fully saturated rings. The Morgan fingerprint density at radius 3 is 2.76 bits per heavy atom. The zero-order valence-electron chi connectivity index (χ0n) is 9.52. The summed E-state index contributed by atoms with van der Waals surface area (Å²) in [5, 5.41) is 0. The van der Waals surface area contributed by atoms with Crippen molar-refractivity contribution in [2.45, 2.75) is 30.6 Å². The average molecular weight is 254 g/mol. The SMILES string of the molecule is O=C1CCCC1CCS(=O)c1ccccc1F. The molecule has 0 aliphatic heterocycles. The first kappa shape index (κ1) is 12.4. The Balaban J connectivity index is 1.94. The predicted molar refractivity (Wildman–Crippen MR) is 64.6 cm³/mol. The van der Waals surface area contributed by atoms with Crippen LogP contribution in [0.4, 0.5) is 4.39 Å². The number of Topliss-reactive ketones (excluding diaryl/α,β-unsaturated/α-hetero) is 1. The third-order valence-corrected chi connectivity index (χ3v) is 4.59. The smallest absolute Gasteiger partial charge is 0.139 e. The van der Waals surface area contributed by atoms with Crippen LogP contribution in [0, 0.1) is 11.7 Å². The minimum atomic E-state index is -1.33. The minimum absolute atomic E-state index is 0.0470. The van der Waals surface area contributed by atoms with Crippen LogP contribution in [0.3, 0.4) is 0 Å². The van der Waals surface area contributed by atoms with Crippen molar-refractivity contribution in [2.24, 2.45) is 5.92 Å². The van der Waals surface area contributed by atoms with Crippen LogP contribution in [0.2, 0.25) is 0 Å². The average Bonchev–Trinajstić information content (AvgIpc) is 2.72. The third kappa shape index (κ3) is 3.00. The summed E-state index contributed by atoms with van der Waals surface area (Å²) in [5.74, 6) is 0.266. The number of carbonyl (C=O) groups is 1. The molecule has 2 rings (SSSR count). The molecular formula is C13H15FO2S. The van der Waals surface area contributed by atoms with E-state index < -0.39 is 16.6 Å². The minimum Gasteiger partial charge on any atom is -0.299 e. The molecule has 0 spiro atoms. The van der Waals surface area contributed by atoms with E-state index in [1.54, 1.807) is 18.2 Å². The molecule has 2 nitrogen and oxygen atoms in total. The fraction of sp³-hybridized carbons (Fsp3) is 0.462. The van der Waals surface area contributed by atoms with Crippen molar-refractivity contribution in [3.05, 3.63) is 30.1 Å². The Bertz CT molecular complexity index is 445. The van der Waals surface area contributed by atoms with Crippen LogP contribution in [0.1, 0.15) is 25.7 Å². The molecule has 1 aliphatic carbocycles. The van der Waals surface area contributed by atoms with Gasteiger partial charge in [-0.25, -0.2) is 4.39 Å². The topological polar surface area (TPSA) is 34.1 Å². The summed E-state index contributed by atoms with van der Waals surface area (Å²) in [7, 11) is -1.33. The van der Waals surface area contributed by atoms with Crippen molar-refractivity contribution in [3.8, 4) is 0 Å².